The van der Waals surface area contributed by atoms with Crippen LogP contribution in [0.5, 0.6) is 0 Å². The van der Waals surface area contributed by atoms with Gasteiger partial charge in [0.1, 0.15) is 5.54 Å². The Kier molecular flexibility index (Phi) is 5.18. The van der Waals surface area contributed by atoms with Crippen molar-refractivity contribution in [2.24, 2.45) is 5.92 Å². The van der Waals surface area contributed by atoms with E-state index < -0.39 is 5.54 Å². The van der Waals surface area contributed by atoms with Crippen LogP contribution in [0.2, 0.25) is 0 Å². The first-order valence-electron chi connectivity index (χ1n) is 8.73. The lowest BCUT2D eigenvalue weighted by Gasteiger charge is -2.42. The fourth-order valence-corrected chi connectivity index (χ4v) is 3.52. The number of hydrogen-bond acceptors (Lipinski definition) is 4. The molecule has 7 heteroatoms. The molecule has 1 saturated carbocycles. The molecular formula is C17H26N4O3. The largest absolute Gasteiger partial charge is 0.383 e. The molecule has 1 aromatic rings. The maximum atomic E-state index is 12.8. The van der Waals surface area contributed by atoms with Gasteiger partial charge in [0.2, 0.25) is 11.8 Å². The van der Waals surface area contributed by atoms with E-state index in [0.717, 1.165) is 19.3 Å². The van der Waals surface area contributed by atoms with Crippen molar-refractivity contribution >= 4 is 11.8 Å². The van der Waals surface area contributed by atoms with Crippen LogP contribution < -0.4 is 5.32 Å². The highest BCUT2D eigenvalue weighted by Gasteiger charge is 2.45. The van der Waals surface area contributed by atoms with Crippen LogP contribution in [0.15, 0.2) is 18.5 Å². The van der Waals surface area contributed by atoms with E-state index in [1.165, 1.54) is 0 Å². The third-order valence-electron chi connectivity index (χ3n) is 5.31. The minimum Gasteiger partial charge on any atom is -0.383 e. The maximum Gasteiger partial charge on any atom is 0.248 e. The molecule has 0 atom stereocenters. The molecule has 1 aliphatic carbocycles. The highest BCUT2D eigenvalue weighted by molar-refractivity contribution is 5.85. The second kappa shape index (κ2) is 7.34. The number of carbonyl (C=O) groups is 2. The van der Waals surface area contributed by atoms with Crippen LogP contribution in [0, 0.1) is 5.92 Å². The summed E-state index contributed by atoms with van der Waals surface area (Å²) >= 11 is 0. The summed E-state index contributed by atoms with van der Waals surface area (Å²) in [7, 11) is 1.61. The first-order valence-corrected chi connectivity index (χ1v) is 8.73. The molecule has 1 aliphatic heterocycles. The van der Waals surface area contributed by atoms with Crippen LogP contribution in [0.25, 0.3) is 0 Å². The molecule has 24 heavy (non-hydrogen) atoms. The Hall–Kier alpha value is -1.89. The lowest BCUT2D eigenvalue weighted by Crippen LogP contribution is -2.57. The molecule has 1 saturated heterocycles. The van der Waals surface area contributed by atoms with Gasteiger partial charge in [-0.2, -0.15) is 5.10 Å². The molecule has 0 bridgehead atoms. The zero-order chi connectivity index (χ0) is 17.0. The Labute approximate surface area is 142 Å². The molecular weight excluding hydrogens is 308 g/mol. The predicted octanol–water partition coefficient (Wildman–Crippen LogP) is 0.763. The fourth-order valence-electron chi connectivity index (χ4n) is 3.52. The van der Waals surface area contributed by atoms with Crippen molar-refractivity contribution in [2.75, 3.05) is 33.4 Å². The quantitative estimate of drug-likeness (QED) is 0.780. The Bertz CT molecular complexity index is 560. The van der Waals surface area contributed by atoms with E-state index in [9.17, 15) is 9.59 Å². The fraction of sp³-hybridized carbons (Fsp3) is 0.706. The van der Waals surface area contributed by atoms with Crippen molar-refractivity contribution in [1.29, 1.82) is 0 Å². The number of amides is 2. The van der Waals surface area contributed by atoms with Gasteiger partial charge in [0, 0.05) is 45.1 Å². The monoisotopic (exact) mass is 334 g/mol. The van der Waals surface area contributed by atoms with Crippen molar-refractivity contribution in [3.05, 3.63) is 18.5 Å². The molecule has 132 valence electrons. The molecule has 7 nitrogen and oxygen atoms in total. The van der Waals surface area contributed by atoms with Gasteiger partial charge >= 0.3 is 0 Å². The van der Waals surface area contributed by atoms with Crippen LogP contribution in [0.1, 0.15) is 32.1 Å². The third-order valence-corrected chi connectivity index (χ3v) is 5.31. The summed E-state index contributed by atoms with van der Waals surface area (Å²) in [5.41, 5.74) is -0.715. The van der Waals surface area contributed by atoms with Crippen molar-refractivity contribution in [2.45, 2.75) is 37.6 Å². The molecule has 0 unspecified atom stereocenters. The summed E-state index contributed by atoms with van der Waals surface area (Å²) in [6, 6.07) is 1.83. The number of piperidine rings is 1. The first kappa shape index (κ1) is 17.0. The van der Waals surface area contributed by atoms with Gasteiger partial charge in [-0.05, 0) is 31.7 Å². The number of methoxy groups -OCH3 is 1. The van der Waals surface area contributed by atoms with Crippen LogP contribution >= 0.6 is 0 Å². The summed E-state index contributed by atoms with van der Waals surface area (Å²) in [6.45, 7) is 2.16. The molecule has 2 heterocycles. The number of nitrogens with one attached hydrogen (secondary N) is 1. The predicted molar refractivity (Wildman–Crippen MR) is 88.2 cm³/mol. The van der Waals surface area contributed by atoms with Gasteiger partial charge in [0.25, 0.3) is 0 Å². The van der Waals surface area contributed by atoms with E-state index in [1.54, 1.807) is 18.0 Å². The number of ether oxygens (including phenoxy) is 1. The van der Waals surface area contributed by atoms with Crippen molar-refractivity contribution in [1.82, 2.24) is 20.0 Å². The van der Waals surface area contributed by atoms with Gasteiger partial charge in [-0.15, -0.1) is 0 Å². The minimum absolute atomic E-state index is 0.0426. The topological polar surface area (TPSA) is 76.5 Å². The van der Waals surface area contributed by atoms with Crippen LogP contribution in [-0.2, 0) is 19.9 Å². The molecule has 0 radical (unpaired) electrons. The maximum absolute atomic E-state index is 12.8. The van der Waals surface area contributed by atoms with E-state index in [4.69, 9.17) is 4.74 Å². The summed E-state index contributed by atoms with van der Waals surface area (Å²) in [5.74, 6) is 0.423. The smallest absolute Gasteiger partial charge is 0.248 e. The number of nitrogens with zero attached hydrogens (tertiary/aromatic N) is 3. The average molecular weight is 334 g/mol. The molecule has 2 amide bonds. The number of carbonyl (C=O) groups excluding carboxylic acids is 2. The van der Waals surface area contributed by atoms with E-state index in [1.807, 2.05) is 17.2 Å². The summed E-state index contributed by atoms with van der Waals surface area (Å²) < 4.78 is 6.76. The summed E-state index contributed by atoms with van der Waals surface area (Å²) in [5, 5.41) is 7.26. The SMILES string of the molecule is COCCNC(=O)C1(n2cccn2)CCN(C(=O)C2CCC2)CC1. The van der Waals surface area contributed by atoms with Crippen molar-refractivity contribution in [3.8, 4) is 0 Å². The Morgan fingerprint density at radius 2 is 2.08 bits per heavy atom. The Balaban J connectivity index is 1.69. The summed E-state index contributed by atoms with van der Waals surface area (Å²) in [6.07, 6.45) is 7.88. The Morgan fingerprint density at radius 1 is 1.33 bits per heavy atom. The standard InChI is InChI=1S/C17H26N4O3/c1-24-13-9-18-16(23)17(21-10-3-8-19-21)6-11-20(12-7-17)15(22)14-4-2-5-14/h3,8,10,14H,2,4-7,9,11-13H2,1H3,(H,18,23). The normalized spacial score (nSPS) is 20.5. The van der Waals surface area contributed by atoms with Gasteiger partial charge in [-0.3, -0.25) is 14.3 Å². The number of likely N-dealkylation sites (tertiary alicyclic amines) is 1. The molecule has 1 N–H and O–H groups in total. The molecule has 2 aliphatic rings. The summed E-state index contributed by atoms with van der Waals surface area (Å²) in [4.78, 5) is 27.2. The number of hydrogen-bond donors (Lipinski definition) is 1. The van der Waals surface area contributed by atoms with Crippen LogP contribution in [-0.4, -0.2) is 59.8 Å². The van der Waals surface area contributed by atoms with Gasteiger partial charge in [0.05, 0.1) is 6.61 Å². The highest BCUT2D eigenvalue weighted by Crippen LogP contribution is 2.33. The zero-order valence-electron chi connectivity index (χ0n) is 14.2. The second-order valence-electron chi connectivity index (χ2n) is 6.68. The van der Waals surface area contributed by atoms with Gasteiger partial charge in [-0.1, -0.05) is 6.42 Å². The molecule has 3 rings (SSSR count). The van der Waals surface area contributed by atoms with E-state index in [2.05, 4.69) is 10.4 Å². The molecule has 0 spiro atoms. The highest BCUT2D eigenvalue weighted by atomic mass is 16.5. The van der Waals surface area contributed by atoms with E-state index in [-0.39, 0.29) is 17.7 Å². The van der Waals surface area contributed by atoms with Gasteiger partial charge in [0.15, 0.2) is 0 Å². The first-order chi connectivity index (χ1) is 11.7. The van der Waals surface area contributed by atoms with Crippen LogP contribution in [0.4, 0.5) is 0 Å². The lowest BCUT2D eigenvalue weighted by atomic mass is 9.82. The van der Waals surface area contributed by atoms with Crippen LogP contribution in [0.3, 0.4) is 0 Å². The minimum atomic E-state index is -0.715. The number of rotatable bonds is 6. The van der Waals surface area contributed by atoms with Gasteiger partial charge < -0.3 is 15.0 Å². The molecule has 0 aromatic carbocycles. The van der Waals surface area contributed by atoms with Crippen molar-refractivity contribution in [3.63, 3.8) is 0 Å². The Morgan fingerprint density at radius 3 is 2.62 bits per heavy atom. The number of aromatic nitrogens is 2. The second-order valence-corrected chi connectivity index (χ2v) is 6.68. The zero-order valence-corrected chi connectivity index (χ0v) is 14.2. The van der Waals surface area contributed by atoms with Gasteiger partial charge in [-0.25, -0.2) is 0 Å². The van der Waals surface area contributed by atoms with E-state index >= 15 is 0 Å². The van der Waals surface area contributed by atoms with Crippen molar-refractivity contribution < 1.29 is 14.3 Å². The molecule has 2 fully saturated rings. The lowest BCUT2D eigenvalue weighted by molar-refractivity contribution is -0.144. The third kappa shape index (κ3) is 3.17. The van der Waals surface area contributed by atoms with E-state index in [0.29, 0.717) is 39.1 Å². The molecule has 1 aromatic heterocycles. The average Bonchev–Trinajstić information content (AvgIpc) is 3.08.